The fourth-order valence-corrected chi connectivity index (χ4v) is 1.17. The van der Waals surface area contributed by atoms with Crippen LogP contribution in [-0.2, 0) is 6.18 Å². The van der Waals surface area contributed by atoms with Gasteiger partial charge in [-0.15, -0.1) is 0 Å². The number of hydrogen-bond donors (Lipinski definition) is 2. The van der Waals surface area contributed by atoms with Gasteiger partial charge in [-0.2, -0.15) is 13.2 Å². The molecule has 1 heterocycles. The Kier molecular flexibility index (Phi) is 4.12. The molecule has 0 aliphatic heterocycles. The molecule has 0 saturated carbocycles. The summed E-state index contributed by atoms with van der Waals surface area (Å²) in [6.07, 6.45) is -2.68. The molecule has 1 aromatic heterocycles. The highest BCUT2D eigenvalue weighted by Gasteiger charge is 2.30. The molecule has 0 spiro atoms. The molecule has 1 rings (SSSR count). The van der Waals surface area contributed by atoms with E-state index in [-0.39, 0.29) is 18.5 Å². The topological polar surface area (TPSA) is 45.1 Å². The van der Waals surface area contributed by atoms with Crippen molar-refractivity contribution in [3.8, 4) is 0 Å². The summed E-state index contributed by atoms with van der Waals surface area (Å²) in [6, 6.07) is 1.56. The van der Waals surface area contributed by atoms with Gasteiger partial charge in [0, 0.05) is 6.20 Å². The molecule has 3 nitrogen and oxygen atoms in total. The number of alkyl halides is 3. The van der Waals surface area contributed by atoms with E-state index in [4.69, 9.17) is 5.11 Å². The predicted octanol–water partition coefficient (Wildman–Crippen LogP) is 2.28. The summed E-state index contributed by atoms with van der Waals surface area (Å²) >= 11 is 0. The van der Waals surface area contributed by atoms with Crippen molar-refractivity contribution < 1.29 is 18.3 Å². The second-order valence-electron chi connectivity index (χ2n) is 3.36. The van der Waals surface area contributed by atoms with Crippen molar-refractivity contribution in [3.05, 3.63) is 23.9 Å². The van der Waals surface area contributed by atoms with Crippen molar-refractivity contribution >= 4 is 5.82 Å². The van der Waals surface area contributed by atoms with Gasteiger partial charge in [0.25, 0.3) is 0 Å². The molecule has 0 aromatic carbocycles. The highest BCUT2D eigenvalue weighted by atomic mass is 19.4. The second-order valence-corrected chi connectivity index (χ2v) is 3.36. The third-order valence-electron chi connectivity index (χ3n) is 2.15. The Balaban J connectivity index is 2.82. The SMILES string of the molecule is CC[C@@H](CO)Nc1cc(C(F)(F)F)ccn1. The Morgan fingerprint density at radius 3 is 2.69 bits per heavy atom. The van der Waals surface area contributed by atoms with E-state index in [1.807, 2.05) is 6.92 Å². The summed E-state index contributed by atoms with van der Waals surface area (Å²) in [4.78, 5) is 3.77. The number of aromatic nitrogens is 1. The van der Waals surface area contributed by atoms with E-state index in [0.717, 1.165) is 18.3 Å². The van der Waals surface area contributed by atoms with Crippen molar-refractivity contribution in [3.63, 3.8) is 0 Å². The Morgan fingerprint density at radius 1 is 1.50 bits per heavy atom. The Hall–Kier alpha value is -1.30. The van der Waals surface area contributed by atoms with E-state index < -0.39 is 11.7 Å². The maximum absolute atomic E-state index is 12.4. The highest BCUT2D eigenvalue weighted by molar-refractivity contribution is 5.39. The lowest BCUT2D eigenvalue weighted by Crippen LogP contribution is -2.23. The first-order valence-electron chi connectivity index (χ1n) is 4.88. The number of nitrogens with zero attached hydrogens (tertiary/aromatic N) is 1. The Labute approximate surface area is 91.3 Å². The number of aliphatic hydroxyl groups is 1. The quantitative estimate of drug-likeness (QED) is 0.840. The van der Waals surface area contributed by atoms with E-state index in [2.05, 4.69) is 10.3 Å². The summed E-state index contributed by atoms with van der Waals surface area (Å²) in [7, 11) is 0. The molecule has 6 heteroatoms. The minimum Gasteiger partial charge on any atom is -0.394 e. The van der Waals surface area contributed by atoms with Gasteiger partial charge in [-0.3, -0.25) is 0 Å². The van der Waals surface area contributed by atoms with Crippen LogP contribution in [0.2, 0.25) is 0 Å². The molecule has 0 bridgehead atoms. The molecule has 1 aromatic rings. The predicted molar refractivity (Wildman–Crippen MR) is 54.0 cm³/mol. The molecule has 0 saturated heterocycles. The zero-order valence-corrected chi connectivity index (χ0v) is 8.75. The summed E-state index contributed by atoms with van der Waals surface area (Å²) in [5.41, 5.74) is -0.752. The van der Waals surface area contributed by atoms with Crippen LogP contribution in [-0.4, -0.2) is 22.7 Å². The normalized spacial score (nSPS) is 13.6. The van der Waals surface area contributed by atoms with Crippen LogP contribution in [0.15, 0.2) is 18.3 Å². The molecule has 0 aliphatic carbocycles. The smallest absolute Gasteiger partial charge is 0.394 e. The maximum Gasteiger partial charge on any atom is 0.416 e. The van der Waals surface area contributed by atoms with Crippen molar-refractivity contribution in [1.82, 2.24) is 4.98 Å². The number of hydrogen-bond acceptors (Lipinski definition) is 3. The van der Waals surface area contributed by atoms with E-state index in [0.29, 0.717) is 6.42 Å². The third-order valence-corrected chi connectivity index (χ3v) is 2.15. The first-order valence-corrected chi connectivity index (χ1v) is 4.88. The van der Waals surface area contributed by atoms with Crippen LogP contribution in [0.4, 0.5) is 19.0 Å². The lowest BCUT2D eigenvalue weighted by atomic mass is 10.2. The molecule has 0 amide bonds. The number of anilines is 1. The van der Waals surface area contributed by atoms with Crippen LogP contribution < -0.4 is 5.32 Å². The maximum atomic E-state index is 12.4. The van der Waals surface area contributed by atoms with Crippen LogP contribution in [0, 0.1) is 0 Å². The largest absolute Gasteiger partial charge is 0.416 e. The second kappa shape index (κ2) is 5.16. The summed E-state index contributed by atoms with van der Waals surface area (Å²) < 4.78 is 37.1. The molecule has 90 valence electrons. The number of rotatable bonds is 4. The molecule has 0 fully saturated rings. The first kappa shape index (κ1) is 12.8. The minimum absolute atomic E-state index is 0.121. The standard InChI is InChI=1S/C10H13F3N2O/c1-2-8(6-16)15-9-5-7(3-4-14-9)10(11,12)13/h3-5,8,16H,2,6H2,1H3,(H,14,15)/t8-/m0/s1. The number of pyridine rings is 1. The van der Waals surface area contributed by atoms with Gasteiger partial charge in [-0.1, -0.05) is 6.92 Å². The van der Waals surface area contributed by atoms with E-state index >= 15 is 0 Å². The lowest BCUT2D eigenvalue weighted by Gasteiger charge is -2.15. The number of nitrogens with one attached hydrogen (secondary N) is 1. The van der Waals surface area contributed by atoms with Gasteiger partial charge < -0.3 is 10.4 Å². The van der Waals surface area contributed by atoms with Gasteiger partial charge in [0.1, 0.15) is 5.82 Å². The first-order chi connectivity index (χ1) is 7.47. The molecule has 0 radical (unpaired) electrons. The number of aliphatic hydroxyl groups excluding tert-OH is 1. The molecule has 1 atom stereocenters. The van der Waals surface area contributed by atoms with Gasteiger partial charge in [0.2, 0.25) is 0 Å². The van der Waals surface area contributed by atoms with Gasteiger partial charge in [0.05, 0.1) is 18.2 Å². The third kappa shape index (κ3) is 3.37. The molecule has 0 aliphatic rings. The van der Waals surface area contributed by atoms with Crippen molar-refractivity contribution in [2.24, 2.45) is 0 Å². The fourth-order valence-electron chi connectivity index (χ4n) is 1.17. The average molecular weight is 234 g/mol. The van der Waals surface area contributed by atoms with Gasteiger partial charge in [-0.25, -0.2) is 4.98 Å². The van der Waals surface area contributed by atoms with Crippen LogP contribution >= 0.6 is 0 Å². The van der Waals surface area contributed by atoms with Crippen molar-refractivity contribution in [1.29, 1.82) is 0 Å². The highest BCUT2D eigenvalue weighted by Crippen LogP contribution is 2.29. The Morgan fingerprint density at radius 2 is 2.19 bits per heavy atom. The molecule has 2 N–H and O–H groups in total. The van der Waals surface area contributed by atoms with Crippen LogP contribution in [0.25, 0.3) is 0 Å². The molecule has 16 heavy (non-hydrogen) atoms. The van der Waals surface area contributed by atoms with Crippen LogP contribution in [0.3, 0.4) is 0 Å². The van der Waals surface area contributed by atoms with E-state index in [9.17, 15) is 13.2 Å². The van der Waals surface area contributed by atoms with E-state index in [1.165, 1.54) is 0 Å². The number of halogens is 3. The summed E-state index contributed by atoms with van der Waals surface area (Å²) in [6.45, 7) is 1.68. The molecule has 0 unspecified atom stereocenters. The summed E-state index contributed by atoms with van der Waals surface area (Å²) in [5, 5.41) is 11.6. The fraction of sp³-hybridized carbons (Fsp3) is 0.500. The summed E-state index contributed by atoms with van der Waals surface area (Å²) in [5.74, 6) is 0.121. The van der Waals surface area contributed by atoms with Gasteiger partial charge in [0.15, 0.2) is 0 Å². The van der Waals surface area contributed by atoms with Crippen LogP contribution in [0.1, 0.15) is 18.9 Å². The monoisotopic (exact) mass is 234 g/mol. The zero-order chi connectivity index (χ0) is 12.2. The van der Waals surface area contributed by atoms with Gasteiger partial charge in [-0.05, 0) is 18.6 Å². The van der Waals surface area contributed by atoms with Crippen molar-refractivity contribution in [2.45, 2.75) is 25.6 Å². The average Bonchev–Trinajstić information content (AvgIpc) is 2.25. The van der Waals surface area contributed by atoms with Crippen LogP contribution in [0.5, 0.6) is 0 Å². The van der Waals surface area contributed by atoms with E-state index in [1.54, 1.807) is 0 Å². The van der Waals surface area contributed by atoms with Crippen molar-refractivity contribution in [2.75, 3.05) is 11.9 Å². The zero-order valence-electron chi connectivity index (χ0n) is 8.75. The molecular formula is C10H13F3N2O. The Bertz CT molecular complexity index is 337. The lowest BCUT2D eigenvalue weighted by molar-refractivity contribution is -0.137. The minimum atomic E-state index is -4.37. The molecular weight excluding hydrogens is 221 g/mol. The van der Waals surface area contributed by atoms with Gasteiger partial charge >= 0.3 is 6.18 Å².